The predicted octanol–water partition coefficient (Wildman–Crippen LogP) is 3.30. The van der Waals surface area contributed by atoms with Crippen LogP contribution in [0.2, 0.25) is 0 Å². The van der Waals surface area contributed by atoms with E-state index < -0.39 is 5.97 Å². The molecule has 0 saturated carbocycles. The smallest absolute Gasteiger partial charge is 0.340 e. The van der Waals surface area contributed by atoms with Crippen LogP contribution in [0.4, 0.5) is 5.69 Å². The predicted molar refractivity (Wildman–Crippen MR) is 115 cm³/mol. The minimum Gasteiger partial charge on any atom is -0.456 e. The van der Waals surface area contributed by atoms with Gasteiger partial charge >= 0.3 is 5.97 Å². The molecule has 0 unspecified atom stereocenters. The number of benzene rings is 1. The molecule has 0 radical (unpaired) electrons. The van der Waals surface area contributed by atoms with Crippen LogP contribution in [0.1, 0.15) is 48.8 Å². The average molecular weight is 429 g/mol. The Balaban J connectivity index is 1.76. The molecule has 0 bridgehead atoms. The van der Waals surface area contributed by atoms with Crippen LogP contribution in [0.3, 0.4) is 0 Å². The number of para-hydroxylation sites is 1. The normalized spacial score (nSPS) is 11.3. The zero-order chi connectivity index (χ0) is 21.8. The Morgan fingerprint density at radius 3 is 2.63 bits per heavy atom. The summed E-state index contributed by atoms with van der Waals surface area (Å²) in [5.41, 5.74) is 0.644. The molecule has 158 valence electrons. The van der Waals surface area contributed by atoms with Crippen molar-refractivity contribution in [3.05, 3.63) is 57.0 Å². The summed E-state index contributed by atoms with van der Waals surface area (Å²) in [6.45, 7) is 7.53. The van der Waals surface area contributed by atoms with Gasteiger partial charge in [-0.2, -0.15) is 9.61 Å². The minimum atomic E-state index is -0.610. The van der Waals surface area contributed by atoms with Crippen molar-refractivity contribution in [1.29, 1.82) is 0 Å². The van der Waals surface area contributed by atoms with E-state index in [1.807, 2.05) is 0 Å². The van der Waals surface area contributed by atoms with E-state index in [0.29, 0.717) is 22.3 Å². The minimum absolute atomic E-state index is 0.158. The number of nitrogens with one attached hydrogen (secondary N) is 1. The molecule has 2 heterocycles. The van der Waals surface area contributed by atoms with Crippen LogP contribution < -0.4 is 10.9 Å². The Bertz CT molecular complexity index is 1130. The molecule has 1 N–H and O–H groups in total. The maximum atomic E-state index is 12.6. The average Bonchev–Trinajstić information content (AvgIpc) is 3.08. The SMILES string of the molecule is CC(C)Cc1nn2c(=O)cc(COC(=O)c3ccccc3NC(=O)C(C)C)nc2s1. The van der Waals surface area contributed by atoms with Crippen molar-refractivity contribution in [1.82, 2.24) is 14.6 Å². The van der Waals surface area contributed by atoms with Crippen LogP contribution in [-0.4, -0.2) is 26.5 Å². The second-order valence-electron chi connectivity index (χ2n) is 7.64. The van der Waals surface area contributed by atoms with Gasteiger partial charge in [0.2, 0.25) is 10.9 Å². The lowest BCUT2D eigenvalue weighted by Crippen LogP contribution is -2.20. The summed E-state index contributed by atoms with van der Waals surface area (Å²) < 4.78 is 6.62. The molecule has 0 aliphatic carbocycles. The molecule has 1 aromatic carbocycles. The van der Waals surface area contributed by atoms with E-state index in [1.165, 1.54) is 21.9 Å². The van der Waals surface area contributed by atoms with Crippen LogP contribution in [0.5, 0.6) is 0 Å². The lowest BCUT2D eigenvalue weighted by molar-refractivity contribution is -0.118. The van der Waals surface area contributed by atoms with Crippen LogP contribution in [0, 0.1) is 11.8 Å². The molecule has 1 amide bonds. The van der Waals surface area contributed by atoms with Gasteiger partial charge in [-0.1, -0.05) is 51.2 Å². The number of ether oxygens (including phenoxy) is 1. The number of hydrogen-bond acceptors (Lipinski definition) is 7. The molecule has 0 aliphatic heterocycles. The Labute approximate surface area is 177 Å². The summed E-state index contributed by atoms with van der Waals surface area (Å²) in [4.78, 5) is 41.7. The van der Waals surface area contributed by atoms with E-state index in [1.54, 1.807) is 38.1 Å². The molecule has 8 nitrogen and oxygen atoms in total. The van der Waals surface area contributed by atoms with Crippen molar-refractivity contribution in [2.75, 3.05) is 5.32 Å². The maximum Gasteiger partial charge on any atom is 0.340 e. The molecule has 9 heteroatoms. The van der Waals surface area contributed by atoms with E-state index in [4.69, 9.17) is 4.74 Å². The third-order valence-corrected chi connectivity index (χ3v) is 5.13. The molecule has 0 saturated heterocycles. The summed E-state index contributed by atoms with van der Waals surface area (Å²) in [5, 5.41) is 7.86. The van der Waals surface area contributed by atoms with Crippen molar-refractivity contribution < 1.29 is 14.3 Å². The third kappa shape index (κ3) is 5.10. The summed E-state index contributed by atoms with van der Waals surface area (Å²) in [5.74, 6) is -0.616. The zero-order valence-electron chi connectivity index (χ0n) is 17.3. The van der Waals surface area contributed by atoms with Gasteiger partial charge in [-0.15, -0.1) is 0 Å². The fourth-order valence-corrected chi connectivity index (χ4v) is 3.80. The monoisotopic (exact) mass is 428 g/mol. The van der Waals surface area contributed by atoms with Crippen molar-refractivity contribution in [2.45, 2.75) is 40.7 Å². The summed E-state index contributed by atoms with van der Waals surface area (Å²) in [6.07, 6.45) is 0.761. The first-order valence-corrected chi connectivity index (χ1v) is 10.5. The van der Waals surface area contributed by atoms with Crippen molar-refractivity contribution in [2.24, 2.45) is 11.8 Å². The molecule has 3 aromatic rings. The number of amides is 1. The van der Waals surface area contributed by atoms with Gasteiger partial charge in [-0.05, 0) is 18.1 Å². The van der Waals surface area contributed by atoms with Gasteiger partial charge in [0.15, 0.2) is 0 Å². The maximum absolute atomic E-state index is 12.6. The first-order valence-electron chi connectivity index (χ1n) is 9.70. The number of rotatable bonds is 7. The van der Waals surface area contributed by atoms with E-state index in [0.717, 1.165) is 11.4 Å². The highest BCUT2D eigenvalue weighted by molar-refractivity contribution is 7.16. The highest BCUT2D eigenvalue weighted by Crippen LogP contribution is 2.19. The lowest BCUT2D eigenvalue weighted by Gasteiger charge is -2.12. The summed E-state index contributed by atoms with van der Waals surface area (Å²) in [7, 11) is 0. The molecule has 0 spiro atoms. The van der Waals surface area contributed by atoms with Gasteiger partial charge in [0.25, 0.3) is 5.56 Å². The first kappa shape index (κ1) is 21.6. The highest BCUT2D eigenvalue weighted by atomic mass is 32.1. The molecule has 0 atom stereocenters. The third-order valence-electron chi connectivity index (χ3n) is 4.20. The quantitative estimate of drug-likeness (QED) is 0.579. The van der Waals surface area contributed by atoms with E-state index in [-0.39, 0.29) is 29.6 Å². The second-order valence-corrected chi connectivity index (χ2v) is 8.68. The van der Waals surface area contributed by atoms with Crippen molar-refractivity contribution >= 4 is 33.9 Å². The number of hydrogen-bond donors (Lipinski definition) is 1. The molecule has 2 aromatic heterocycles. The topological polar surface area (TPSA) is 103 Å². The van der Waals surface area contributed by atoms with Crippen molar-refractivity contribution in [3.8, 4) is 0 Å². The number of carbonyl (C=O) groups excluding carboxylic acids is 2. The first-order chi connectivity index (χ1) is 14.2. The van der Waals surface area contributed by atoms with E-state index in [2.05, 4.69) is 29.2 Å². The molecule has 0 fully saturated rings. The Morgan fingerprint density at radius 1 is 1.20 bits per heavy atom. The Kier molecular flexibility index (Phi) is 6.61. The van der Waals surface area contributed by atoms with Gasteiger partial charge in [0.05, 0.1) is 16.9 Å². The Hall–Kier alpha value is -3.07. The number of aromatic nitrogens is 3. The van der Waals surface area contributed by atoms with Gasteiger partial charge in [-0.3, -0.25) is 9.59 Å². The van der Waals surface area contributed by atoms with Crippen LogP contribution in [-0.2, 0) is 22.6 Å². The van der Waals surface area contributed by atoms with Gasteiger partial charge in [0, 0.05) is 18.4 Å². The number of fused-ring (bicyclic) bond motifs is 1. The highest BCUT2D eigenvalue weighted by Gasteiger charge is 2.17. The second kappa shape index (κ2) is 9.17. The number of nitrogens with zero attached hydrogens (tertiary/aromatic N) is 3. The molecule has 30 heavy (non-hydrogen) atoms. The standard InChI is InChI=1S/C21H24N4O4S/c1-12(2)9-17-24-25-18(26)10-14(22-21(25)30-17)11-29-20(28)15-7-5-6-8-16(15)23-19(27)13(3)4/h5-8,10,12-13H,9,11H2,1-4H3,(H,23,27). The van der Waals surface area contributed by atoms with Crippen LogP contribution in [0.25, 0.3) is 4.96 Å². The van der Waals surface area contributed by atoms with E-state index >= 15 is 0 Å². The van der Waals surface area contributed by atoms with Crippen LogP contribution >= 0.6 is 11.3 Å². The van der Waals surface area contributed by atoms with Gasteiger partial charge < -0.3 is 10.1 Å². The fourth-order valence-electron chi connectivity index (χ4n) is 2.67. The van der Waals surface area contributed by atoms with Crippen molar-refractivity contribution in [3.63, 3.8) is 0 Å². The summed E-state index contributed by atoms with van der Waals surface area (Å²) >= 11 is 1.35. The largest absolute Gasteiger partial charge is 0.456 e. The number of carbonyl (C=O) groups is 2. The Morgan fingerprint density at radius 2 is 1.93 bits per heavy atom. The van der Waals surface area contributed by atoms with Gasteiger partial charge in [-0.25, -0.2) is 9.78 Å². The summed E-state index contributed by atoms with van der Waals surface area (Å²) in [6, 6.07) is 7.94. The molecule has 0 aliphatic rings. The number of anilines is 1. The van der Waals surface area contributed by atoms with E-state index in [9.17, 15) is 14.4 Å². The number of esters is 1. The van der Waals surface area contributed by atoms with Crippen LogP contribution in [0.15, 0.2) is 35.1 Å². The molecular formula is C21H24N4O4S. The molecule has 3 rings (SSSR count). The fraction of sp³-hybridized carbons (Fsp3) is 0.381. The zero-order valence-corrected chi connectivity index (χ0v) is 18.2. The van der Waals surface area contributed by atoms with Gasteiger partial charge in [0.1, 0.15) is 11.6 Å². The lowest BCUT2D eigenvalue weighted by atomic mass is 10.1. The molecular weight excluding hydrogens is 404 g/mol.